The van der Waals surface area contributed by atoms with Gasteiger partial charge in [-0.3, -0.25) is 9.59 Å². The van der Waals surface area contributed by atoms with E-state index in [1.54, 1.807) is 43.3 Å². The number of phenols is 3. The van der Waals surface area contributed by atoms with Gasteiger partial charge in [0, 0.05) is 17.2 Å². The molecule has 0 spiro atoms. The van der Waals surface area contributed by atoms with Crippen LogP contribution >= 0.6 is 0 Å². The second-order valence-corrected chi connectivity index (χ2v) is 8.82. The third-order valence-electron chi connectivity index (χ3n) is 5.59. The lowest BCUT2D eigenvalue weighted by Crippen LogP contribution is -2.11. The van der Waals surface area contributed by atoms with Crippen molar-refractivity contribution in [2.24, 2.45) is 0 Å². The van der Waals surface area contributed by atoms with Crippen molar-refractivity contribution in [3.8, 4) is 17.2 Å². The van der Waals surface area contributed by atoms with Gasteiger partial charge in [0.25, 0.3) is 11.8 Å². The van der Waals surface area contributed by atoms with Crippen molar-refractivity contribution in [2.75, 3.05) is 10.6 Å². The molecule has 0 unspecified atom stereocenters. The fraction of sp³-hybridized carbons (Fsp3) is 0.133. The van der Waals surface area contributed by atoms with Crippen molar-refractivity contribution in [3.05, 3.63) is 112 Å². The molecule has 2 amide bonds. The summed E-state index contributed by atoms with van der Waals surface area (Å²) in [6.45, 7) is 7.45. The number of benzene rings is 4. The molecule has 4 aromatic rings. The highest BCUT2D eigenvalue weighted by Crippen LogP contribution is 2.31. The lowest BCUT2D eigenvalue weighted by molar-refractivity contribution is 0.101. The predicted octanol–water partition coefficient (Wildman–Crippen LogP) is 6.23. The van der Waals surface area contributed by atoms with E-state index in [0.717, 1.165) is 16.7 Å². The van der Waals surface area contributed by atoms with Gasteiger partial charge >= 0.3 is 0 Å². The number of amides is 2. The van der Waals surface area contributed by atoms with E-state index in [1.165, 1.54) is 12.1 Å². The summed E-state index contributed by atoms with van der Waals surface area (Å²) in [7, 11) is 0. The predicted molar refractivity (Wildman–Crippen MR) is 146 cm³/mol. The van der Waals surface area contributed by atoms with Crippen LogP contribution in [-0.4, -0.2) is 27.1 Å². The zero-order chi connectivity index (χ0) is 27.1. The number of hydrogen-bond acceptors (Lipinski definition) is 5. The van der Waals surface area contributed by atoms with Gasteiger partial charge in [-0.15, -0.1) is 0 Å². The second kappa shape index (κ2) is 11.8. The average Bonchev–Trinajstić information content (AvgIpc) is 2.85. The Balaban J connectivity index is 0.000000206. The smallest absolute Gasteiger partial charge is 0.255 e. The van der Waals surface area contributed by atoms with Crippen LogP contribution in [0.3, 0.4) is 0 Å². The quantitative estimate of drug-likeness (QED) is 0.169. The molecule has 0 atom stereocenters. The molecule has 0 aliphatic rings. The molecule has 7 nitrogen and oxygen atoms in total. The maximum atomic E-state index is 12.0. The van der Waals surface area contributed by atoms with Crippen molar-refractivity contribution in [2.45, 2.75) is 27.7 Å². The molecular weight excluding hydrogens is 468 g/mol. The molecule has 5 N–H and O–H groups in total. The fourth-order valence-electron chi connectivity index (χ4n) is 3.33. The molecule has 0 heterocycles. The molecule has 0 saturated heterocycles. The van der Waals surface area contributed by atoms with Crippen LogP contribution in [0, 0.1) is 27.7 Å². The average molecular weight is 499 g/mol. The zero-order valence-corrected chi connectivity index (χ0v) is 21.2. The summed E-state index contributed by atoms with van der Waals surface area (Å²) in [6.07, 6.45) is 0. The van der Waals surface area contributed by atoms with Crippen LogP contribution < -0.4 is 10.6 Å². The molecule has 0 bridgehead atoms. The first kappa shape index (κ1) is 26.8. The summed E-state index contributed by atoms with van der Waals surface area (Å²) < 4.78 is 0. The highest BCUT2D eigenvalue weighted by molar-refractivity contribution is 6.05. The van der Waals surface area contributed by atoms with Crippen molar-refractivity contribution in [1.82, 2.24) is 0 Å². The molecule has 7 heteroatoms. The molecule has 0 saturated carbocycles. The molecular formula is C30H30N2O5. The maximum absolute atomic E-state index is 12.0. The van der Waals surface area contributed by atoms with Gasteiger partial charge < -0.3 is 26.0 Å². The first-order valence-corrected chi connectivity index (χ1v) is 11.6. The van der Waals surface area contributed by atoms with Crippen molar-refractivity contribution in [3.63, 3.8) is 0 Å². The number of hydrogen-bond donors (Lipinski definition) is 5. The number of anilines is 2. The van der Waals surface area contributed by atoms with E-state index >= 15 is 0 Å². The number of carbonyl (C=O) groups is 2. The molecule has 4 aromatic carbocycles. The van der Waals surface area contributed by atoms with Gasteiger partial charge in [0.15, 0.2) is 0 Å². The minimum atomic E-state index is -0.335. The van der Waals surface area contributed by atoms with Crippen LogP contribution in [0.2, 0.25) is 0 Å². The van der Waals surface area contributed by atoms with E-state index in [2.05, 4.69) is 10.6 Å². The standard InChI is InChI=1S/C15H15NO3.C15H15NO2/c1-9-3-5-11(6-4-9)15(19)16-12-8-13(17)10(2)7-14(12)18;1-10-3-6-12(7-4-10)15(18)16-13-8-5-11(2)9-14(13)17/h3-8,17-18H,1-2H3,(H,16,19);3-9,17H,1-2H3,(H,16,18). The van der Waals surface area contributed by atoms with Crippen molar-refractivity contribution < 1.29 is 24.9 Å². The number of aryl methyl sites for hydroxylation is 4. The Morgan fingerprint density at radius 2 is 0.946 bits per heavy atom. The Morgan fingerprint density at radius 1 is 0.514 bits per heavy atom. The van der Waals surface area contributed by atoms with Crippen LogP contribution in [0.15, 0.2) is 78.9 Å². The van der Waals surface area contributed by atoms with Crippen LogP contribution in [0.25, 0.3) is 0 Å². The molecule has 37 heavy (non-hydrogen) atoms. The van der Waals surface area contributed by atoms with Gasteiger partial charge in [0.05, 0.1) is 11.4 Å². The summed E-state index contributed by atoms with van der Waals surface area (Å²) in [5, 5.41) is 34.3. The number of nitrogens with one attached hydrogen (secondary N) is 2. The third-order valence-corrected chi connectivity index (χ3v) is 5.59. The Bertz CT molecular complexity index is 1410. The Labute approximate surface area is 216 Å². The molecule has 0 aliphatic heterocycles. The van der Waals surface area contributed by atoms with Crippen LogP contribution in [0.4, 0.5) is 11.4 Å². The lowest BCUT2D eigenvalue weighted by Gasteiger charge is -2.09. The molecule has 190 valence electrons. The summed E-state index contributed by atoms with van der Waals surface area (Å²) in [5.41, 5.74) is 5.33. The van der Waals surface area contributed by atoms with E-state index < -0.39 is 0 Å². The monoisotopic (exact) mass is 498 g/mol. The largest absolute Gasteiger partial charge is 0.508 e. The minimum Gasteiger partial charge on any atom is -0.508 e. The fourth-order valence-corrected chi connectivity index (χ4v) is 3.33. The van der Waals surface area contributed by atoms with Crippen molar-refractivity contribution >= 4 is 23.2 Å². The van der Waals surface area contributed by atoms with Gasteiger partial charge in [0.2, 0.25) is 0 Å². The number of phenolic OH excluding ortho intramolecular Hbond substituents is 3. The van der Waals surface area contributed by atoms with E-state index in [0.29, 0.717) is 22.4 Å². The van der Waals surface area contributed by atoms with E-state index in [4.69, 9.17) is 0 Å². The van der Waals surface area contributed by atoms with E-state index in [-0.39, 0.29) is 34.8 Å². The van der Waals surface area contributed by atoms with Gasteiger partial charge in [-0.25, -0.2) is 0 Å². The lowest BCUT2D eigenvalue weighted by atomic mass is 10.1. The molecule has 4 rings (SSSR count). The first-order chi connectivity index (χ1) is 17.5. The molecule has 0 aromatic heterocycles. The summed E-state index contributed by atoms with van der Waals surface area (Å²) in [4.78, 5) is 23.9. The maximum Gasteiger partial charge on any atom is 0.255 e. The molecule has 0 fully saturated rings. The SMILES string of the molecule is Cc1ccc(C(=O)Nc2cc(O)c(C)cc2O)cc1.Cc1ccc(C(=O)Nc2ccc(C)cc2O)cc1. The summed E-state index contributed by atoms with van der Waals surface area (Å²) in [5.74, 6) is -0.532. The Hall–Kier alpha value is -4.78. The second-order valence-electron chi connectivity index (χ2n) is 8.82. The van der Waals surface area contributed by atoms with Crippen LogP contribution in [0.1, 0.15) is 43.0 Å². The number of aromatic hydroxyl groups is 3. The molecule has 0 radical (unpaired) electrons. The number of rotatable bonds is 4. The number of carbonyl (C=O) groups excluding carboxylic acids is 2. The minimum absolute atomic E-state index is 0.0250. The van der Waals surface area contributed by atoms with Gasteiger partial charge in [0.1, 0.15) is 17.2 Å². The highest BCUT2D eigenvalue weighted by atomic mass is 16.3. The van der Waals surface area contributed by atoms with E-state index in [9.17, 15) is 24.9 Å². The first-order valence-electron chi connectivity index (χ1n) is 11.6. The summed E-state index contributed by atoms with van der Waals surface area (Å²) >= 11 is 0. The van der Waals surface area contributed by atoms with Crippen LogP contribution in [-0.2, 0) is 0 Å². The normalized spacial score (nSPS) is 10.2. The van der Waals surface area contributed by atoms with E-state index in [1.807, 2.05) is 51.1 Å². The topological polar surface area (TPSA) is 119 Å². The van der Waals surface area contributed by atoms with Crippen molar-refractivity contribution in [1.29, 1.82) is 0 Å². The van der Waals surface area contributed by atoms with Gasteiger partial charge in [-0.1, -0.05) is 41.5 Å². The zero-order valence-electron chi connectivity index (χ0n) is 21.2. The Kier molecular flexibility index (Phi) is 8.53. The Morgan fingerprint density at radius 3 is 1.43 bits per heavy atom. The molecule has 0 aliphatic carbocycles. The van der Waals surface area contributed by atoms with Crippen LogP contribution in [0.5, 0.6) is 17.2 Å². The highest BCUT2D eigenvalue weighted by Gasteiger charge is 2.11. The van der Waals surface area contributed by atoms with Gasteiger partial charge in [-0.05, 0) is 81.3 Å². The summed E-state index contributed by atoms with van der Waals surface area (Å²) in [6, 6.07) is 22.2. The van der Waals surface area contributed by atoms with Gasteiger partial charge in [-0.2, -0.15) is 0 Å². The third kappa shape index (κ3) is 7.35.